The van der Waals surface area contributed by atoms with Crippen LogP contribution in [-0.2, 0) is 32.6 Å². The summed E-state index contributed by atoms with van der Waals surface area (Å²) in [5.74, 6) is -0.321. The van der Waals surface area contributed by atoms with Crippen molar-refractivity contribution in [2.75, 3.05) is 32.1 Å². The number of nitrogens with zero attached hydrogens (tertiary/aromatic N) is 2. The minimum absolute atomic E-state index is 0.0785. The predicted octanol–water partition coefficient (Wildman–Crippen LogP) is 5.36. The van der Waals surface area contributed by atoms with Gasteiger partial charge in [0.05, 0.1) is 24.8 Å². The molecule has 45 heavy (non-hydrogen) atoms. The average molecular weight is 695 g/mol. The molecule has 0 heterocycles. The standard InChI is InChI=1S/C34H36BrN3O6S/c1-24-10-16-28(17-11-24)38(45(41,42)29-18-19-31(43-3)32(21-29)44-4)23-33(39)37(22-26-12-14-27(35)15-13-26)30(34(40)36-2)20-25-8-6-5-7-9-25/h5-19,21,30H,20,22-23H2,1-4H3,(H,36,40)/t30-/m0/s1. The van der Waals surface area contributed by atoms with Gasteiger partial charge >= 0.3 is 0 Å². The molecule has 1 atom stereocenters. The first kappa shape index (κ1) is 33.5. The number of carbonyl (C=O) groups excluding carboxylic acids is 2. The van der Waals surface area contributed by atoms with Gasteiger partial charge in [0.2, 0.25) is 11.8 Å². The Morgan fingerprint density at radius 2 is 1.49 bits per heavy atom. The molecule has 0 aliphatic rings. The van der Waals surface area contributed by atoms with E-state index >= 15 is 0 Å². The molecule has 236 valence electrons. The Labute approximate surface area is 273 Å². The molecule has 9 nitrogen and oxygen atoms in total. The van der Waals surface area contributed by atoms with Gasteiger partial charge < -0.3 is 19.7 Å². The van der Waals surface area contributed by atoms with Gasteiger partial charge in [0.15, 0.2) is 11.5 Å². The minimum Gasteiger partial charge on any atom is -0.493 e. The van der Waals surface area contributed by atoms with Gasteiger partial charge in [0, 0.05) is 30.6 Å². The number of hydrogen-bond donors (Lipinski definition) is 1. The molecule has 1 N–H and O–H groups in total. The maximum absolute atomic E-state index is 14.4. The minimum atomic E-state index is -4.30. The zero-order chi connectivity index (χ0) is 32.6. The quantitative estimate of drug-likeness (QED) is 0.202. The van der Waals surface area contributed by atoms with E-state index in [1.807, 2.05) is 61.5 Å². The molecular weight excluding hydrogens is 658 g/mol. The number of sulfonamides is 1. The van der Waals surface area contributed by atoms with E-state index in [1.54, 1.807) is 24.3 Å². The zero-order valence-electron chi connectivity index (χ0n) is 25.6. The molecule has 11 heteroatoms. The summed E-state index contributed by atoms with van der Waals surface area (Å²) in [5, 5.41) is 2.69. The maximum Gasteiger partial charge on any atom is 0.264 e. The maximum atomic E-state index is 14.4. The lowest BCUT2D eigenvalue weighted by Gasteiger charge is -2.33. The molecule has 2 amide bonds. The second kappa shape index (κ2) is 15.1. The zero-order valence-corrected chi connectivity index (χ0v) is 28.0. The number of carbonyl (C=O) groups is 2. The van der Waals surface area contributed by atoms with E-state index in [4.69, 9.17) is 9.47 Å². The Hall–Kier alpha value is -4.35. The van der Waals surface area contributed by atoms with Crippen molar-refractivity contribution in [1.82, 2.24) is 10.2 Å². The van der Waals surface area contributed by atoms with Crippen molar-refractivity contribution in [1.29, 1.82) is 0 Å². The van der Waals surface area contributed by atoms with Gasteiger partial charge in [-0.05, 0) is 54.4 Å². The van der Waals surface area contributed by atoms with Crippen molar-refractivity contribution < 1.29 is 27.5 Å². The first-order valence-electron chi connectivity index (χ1n) is 14.2. The average Bonchev–Trinajstić information content (AvgIpc) is 3.06. The van der Waals surface area contributed by atoms with E-state index < -0.39 is 28.5 Å². The van der Waals surface area contributed by atoms with Crippen molar-refractivity contribution >= 4 is 43.5 Å². The van der Waals surface area contributed by atoms with Gasteiger partial charge in [-0.3, -0.25) is 13.9 Å². The van der Waals surface area contributed by atoms with E-state index in [-0.39, 0.29) is 29.5 Å². The summed E-state index contributed by atoms with van der Waals surface area (Å²) < 4.78 is 41.1. The highest BCUT2D eigenvalue weighted by Crippen LogP contribution is 2.32. The fraction of sp³-hybridized carbons (Fsp3) is 0.235. The van der Waals surface area contributed by atoms with Gasteiger partial charge in [-0.25, -0.2) is 8.42 Å². The third-order valence-corrected chi connectivity index (χ3v) is 9.63. The molecule has 0 saturated heterocycles. The van der Waals surface area contributed by atoms with Gasteiger partial charge in [-0.2, -0.15) is 0 Å². The summed E-state index contributed by atoms with van der Waals surface area (Å²) >= 11 is 3.44. The molecule has 0 aromatic heterocycles. The molecule has 4 aromatic carbocycles. The third kappa shape index (κ3) is 8.23. The van der Waals surface area contributed by atoms with Crippen LogP contribution in [0.5, 0.6) is 11.5 Å². The molecule has 4 rings (SSSR count). The second-order valence-corrected chi connectivity index (χ2v) is 13.1. The van der Waals surface area contributed by atoms with Crippen LogP contribution in [0, 0.1) is 6.92 Å². The van der Waals surface area contributed by atoms with E-state index in [0.717, 1.165) is 25.5 Å². The van der Waals surface area contributed by atoms with E-state index in [2.05, 4.69) is 21.2 Å². The third-order valence-electron chi connectivity index (χ3n) is 7.33. The van der Waals surface area contributed by atoms with Crippen LogP contribution in [0.15, 0.2) is 106 Å². The predicted molar refractivity (Wildman–Crippen MR) is 178 cm³/mol. The summed E-state index contributed by atoms with van der Waals surface area (Å²) in [6.07, 6.45) is 0.232. The molecule has 0 saturated carbocycles. The molecule has 0 aliphatic heterocycles. The lowest BCUT2D eigenvalue weighted by molar-refractivity contribution is -0.139. The molecular formula is C34H36BrN3O6S. The monoisotopic (exact) mass is 693 g/mol. The summed E-state index contributed by atoms with van der Waals surface area (Å²) in [4.78, 5) is 29.1. The number of hydrogen-bond acceptors (Lipinski definition) is 6. The fourth-order valence-corrected chi connectivity index (χ4v) is 6.55. The van der Waals surface area contributed by atoms with Gasteiger partial charge in [-0.15, -0.1) is 0 Å². The van der Waals surface area contributed by atoms with Crippen molar-refractivity contribution in [3.63, 3.8) is 0 Å². The van der Waals surface area contributed by atoms with E-state index in [9.17, 15) is 18.0 Å². The highest BCUT2D eigenvalue weighted by Gasteiger charge is 2.34. The number of nitrogens with one attached hydrogen (secondary N) is 1. The van der Waals surface area contributed by atoms with Crippen LogP contribution in [0.1, 0.15) is 16.7 Å². The topological polar surface area (TPSA) is 105 Å². The Bertz CT molecular complexity index is 1720. The van der Waals surface area contributed by atoms with Crippen LogP contribution in [-0.4, -0.2) is 59.0 Å². The van der Waals surface area contributed by atoms with Crippen LogP contribution < -0.4 is 19.1 Å². The molecule has 0 spiro atoms. The number of methoxy groups -OCH3 is 2. The van der Waals surface area contributed by atoms with Crippen molar-refractivity contribution in [3.8, 4) is 11.5 Å². The van der Waals surface area contributed by atoms with Gasteiger partial charge in [0.25, 0.3) is 10.0 Å². The number of likely N-dealkylation sites (N-methyl/N-ethyl adjacent to an activating group) is 1. The highest BCUT2D eigenvalue weighted by molar-refractivity contribution is 9.10. The first-order valence-corrected chi connectivity index (χ1v) is 16.4. The normalized spacial score (nSPS) is 11.8. The number of anilines is 1. The summed E-state index contributed by atoms with van der Waals surface area (Å²) in [7, 11) is 0.0959. The van der Waals surface area contributed by atoms with Crippen LogP contribution in [0.4, 0.5) is 5.69 Å². The van der Waals surface area contributed by atoms with Crippen molar-refractivity contribution in [2.24, 2.45) is 0 Å². The number of aryl methyl sites for hydroxylation is 1. The second-order valence-electron chi connectivity index (χ2n) is 10.3. The van der Waals surface area contributed by atoms with Crippen LogP contribution in [0.2, 0.25) is 0 Å². The Morgan fingerprint density at radius 3 is 2.09 bits per heavy atom. The number of ether oxygens (including phenoxy) is 2. The smallest absolute Gasteiger partial charge is 0.264 e. The molecule has 0 bridgehead atoms. The fourth-order valence-electron chi connectivity index (χ4n) is 4.85. The molecule has 0 fully saturated rings. The lowest BCUT2D eigenvalue weighted by atomic mass is 10.0. The Morgan fingerprint density at radius 1 is 0.844 bits per heavy atom. The Kier molecular flexibility index (Phi) is 11.2. The number of benzene rings is 4. The van der Waals surface area contributed by atoms with E-state index in [1.165, 1.54) is 44.4 Å². The van der Waals surface area contributed by atoms with E-state index in [0.29, 0.717) is 11.4 Å². The van der Waals surface area contributed by atoms with Crippen molar-refractivity contribution in [3.05, 3.63) is 118 Å². The number of amides is 2. The molecule has 0 radical (unpaired) electrons. The Balaban J connectivity index is 1.80. The molecule has 0 unspecified atom stereocenters. The van der Waals surface area contributed by atoms with Crippen LogP contribution >= 0.6 is 15.9 Å². The SMILES string of the molecule is CNC(=O)[C@H](Cc1ccccc1)N(Cc1ccc(Br)cc1)C(=O)CN(c1ccc(C)cc1)S(=O)(=O)c1ccc(OC)c(OC)c1. The largest absolute Gasteiger partial charge is 0.493 e. The molecule has 0 aliphatic carbocycles. The number of rotatable bonds is 13. The number of halogens is 1. The van der Waals surface area contributed by atoms with Crippen LogP contribution in [0.25, 0.3) is 0 Å². The lowest BCUT2D eigenvalue weighted by Crippen LogP contribution is -2.53. The summed E-state index contributed by atoms with van der Waals surface area (Å²) in [6, 6.07) is 27.0. The van der Waals surface area contributed by atoms with Gasteiger partial charge in [-0.1, -0.05) is 76.1 Å². The summed E-state index contributed by atoms with van der Waals surface area (Å²) in [6.45, 7) is 1.41. The molecule has 4 aromatic rings. The van der Waals surface area contributed by atoms with Crippen LogP contribution in [0.3, 0.4) is 0 Å². The van der Waals surface area contributed by atoms with Crippen molar-refractivity contribution in [2.45, 2.75) is 30.8 Å². The highest BCUT2D eigenvalue weighted by atomic mass is 79.9. The summed E-state index contributed by atoms with van der Waals surface area (Å²) in [5.41, 5.74) is 2.85. The first-order chi connectivity index (χ1) is 21.6. The van der Waals surface area contributed by atoms with Gasteiger partial charge in [0.1, 0.15) is 12.6 Å².